The predicted octanol–water partition coefficient (Wildman–Crippen LogP) is 2.84. The lowest BCUT2D eigenvalue weighted by molar-refractivity contribution is 0.252. The Bertz CT molecular complexity index is 368. The zero-order valence-electron chi connectivity index (χ0n) is 9.22. The smallest absolute Gasteiger partial charge is 0.319 e. The van der Waals surface area contributed by atoms with E-state index in [-0.39, 0.29) is 6.03 Å². The lowest BCUT2D eigenvalue weighted by atomic mass is 10.3. The molecule has 0 atom stereocenters. The van der Waals surface area contributed by atoms with Crippen molar-refractivity contribution < 1.29 is 4.79 Å². The second-order valence-electron chi connectivity index (χ2n) is 3.47. The molecule has 4 N–H and O–H groups in total. The van der Waals surface area contributed by atoms with E-state index in [0.29, 0.717) is 22.9 Å². The summed E-state index contributed by atoms with van der Waals surface area (Å²) in [6.45, 7) is 2.73. The molecule has 0 aliphatic carbocycles. The summed E-state index contributed by atoms with van der Waals surface area (Å²) in [6, 6.07) is 4.72. The molecule has 1 rings (SSSR count). The molecule has 88 valence electrons. The molecule has 1 aromatic rings. The van der Waals surface area contributed by atoms with Crippen LogP contribution in [0, 0.1) is 0 Å². The van der Waals surface area contributed by atoms with Crippen molar-refractivity contribution >= 4 is 29.0 Å². The number of hydrogen-bond acceptors (Lipinski definition) is 2. The summed E-state index contributed by atoms with van der Waals surface area (Å²) < 4.78 is 0. The van der Waals surface area contributed by atoms with Gasteiger partial charge in [-0.3, -0.25) is 0 Å². The Morgan fingerprint density at radius 3 is 2.88 bits per heavy atom. The maximum atomic E-state index is 11.4. The number of carbonyl (C=O) groups is 1. The van der Waals surface area contributed by atoms with E-state index in [0.717, 1.165) is 12.8 Å². The summed E-state index contributed by atoms with van der Waals surface area (Å²) in [5, 5.41) is 5.83. The summed E-state index contributed by atoms with van der Waals surface area (Å²) in [6.07, 6.45) is 2.01. The minimum atomic E-state index is -0.250. The van der Waals surface area contributed by atoms with Crippen LogP contribution in [0.25, 0.3) is 0 Å². The number of unbranched alkanes of at least 4 members (excludes halogenated alkanes) is 1. The number of nitrogens with two attached hydrogens (primary N) is 1. The fourth-order valence-electron chi connectivity index (χ4n) is 1.18. The van der Waals surface area contributed by atoms with Crippen molar-refractivity contribution in [2.24, 2.45) is 0 Å². The molecule has 0 aliphatic heterocycles. The first kappa shape index (κ1) is 12.6. The zero-order valence-corrected chi connectivity index (χ0v) is 9.97. The van der Waals surface area contributed by atoms with E-state index in [2.05, 4.69) is 17.6 Å². The summed E-state index contributed by atoms with van der Waals surface area (Å²) in [7, 11) is 0. The van der Waals surface area contributed by atoms with Gasteiger partial charge < -0.3 is 16.4 Å². The number of hydrogen-bond donors (Lipinski definition) is 3. The molecule has 2 amide bonds. The van der Waals surface area contributed by atoms with Crippen LogP contribution in [0.1, 0.15) is 19.8 Å². The van der Waals surface area contributed by atoms with Crippen LogP contribution >= 0.6 is 11.6 Å². The monoisotopic (exact) mass is 241 g/mol. The van der Waals surface area contributed by atoms with E-state index in [1.54, 1.807) is 18.2 Å². The topological polar surface area (TPSA) is 67.2 Å². The van der Waals surface area contributed by atoms with Gasteiger partial charge >= 0.3 is 6.03 Å². The quantitative estimate of drug-likeness (QED) is 0.561. The highest BCUT2D eigenvalue weighted by atomic mass is 35.5. The van der Waals surface area contributed by atoms with Gasteiger partial charge in [0.2, 0.25) is 0 Å². The molecular weight excluding hydrogens is 226 g/mol. The average Bonchev–Trinajstić information content (AvgIpc) is 2.23. The van der Waals surface area contributed by atoms with Gasteiger partial charge in [0.1, 0.15) is 0 Å². The Morgan fingerprint density at radius 1 is 1.50 bits per heavy atom. The standard InChI is InChI=1S/C11H16ClN3O/c1-2-3-6-14-11(16)15-10-5-4-8(13)7-9(10)12/h4-5,7H,2-3,6,13H2,1H3,(H2,14,15,16). The fourth-order valence-corrected chi connectivity index (χ4v) is 1.41. The third kappa shape index (κ3) is 3.98. The maximum absolute atomic E-state index is 11.4. The highest BCUT2D eigenvalue weighted by Crippen LogP contribution is 2.23. The molecule has 4 nitrogen and oxygen atoms in total. The zero-order chi connectivity index (χ0) is 12.0. The first-order chi connectivity index (χ1) is 7.63. The van der Waals surface area contributed by atoms with Gasteiger partial charge in [0.25, 0.3) is 0 Å². The number of nitrogens with one attached hydrogen (secondary N) is 2. The van der Waals surface area contributed by atoms with Crippen molar-refractivity contribution in [1.29, 1.82) is 0 Å². The predicted molar refractivity (Wildman–Crippen MR) is 67.8 cm³/mol. The van der Waals surface area contributed by atoms with Gasteiger partial charge in [0, 0.05) is 12.2 Å². The summed E-state index contributed by atoms with van der Waals surface area (Å²) in [5.74, 6) is 0. The van der Waals surface area contributed by atoms with Crippen molar-refractivity contribution in [2.45, 2.75) is 19.8 Å². The molecule has 0 saturated carbocycles. The second kappa shape index (κ2) is 6.23. The largest absolute Gasteiger partial charge is 0.399 e. The van der Waals surface area contributed by atoms with Crippen molar-refractivity contribution in [3.63, 3.8) is 0 Å². The van der Waals surface area contributed by atoms with Crippen LogP contribution in [-0.4, -0.2) is 12.6 Å². The Kier molecular flexibility index (Phi) is 4.92. The van der Waals surface area contributed by atoms with E-state index in [1.165, 1.54) is 0 Å². The van der Waals surface area contributed by atoms with Crippen molar-refractivity contribution in [1.82, 2.24) is 5.32 Å². The number of benzene rings is 1. The third-order valence-electron chi connectivity index (χ3n) is 2.06. The molecule has 5 heteroatoms. The molecule has 0 aromatic heterocycles. The molecule has 0 unspecified atom stereocenters. The first-order valence-corrected chi connectivity index (χ1v) is 5.61. The lowest BCUT2D eigenvalue weighted by Gasteiger charge is -2.08. The molecule has 0 saturated heterocycles. The Hall–Kier alpha value is -1.42. The third-order valence-corrected chi connectivity index (χ3v) is 2.37. The van der Waals surface area contributed by atoms with Crippen LogP contribution in [-0.2, 0) is 0 Å². The number of anilines is 2. The molecule has 0 aliphatic rings. The number of nitrogen functional groups attached to an aromatic ring is 1. The van der Waals surface area contributed by atoms with Crippen molar-refractivity contribution in [3.8, 4) is 0 Å². The number of carbonyl (C=O) groups excluding carboxylic acids is 1. The summed E-state index contributed by atoms with van der Waals surface area (Å²) in [4.78, 5) is 11.4. The Labute approximate surface area is 100 Å². The summed E-state index contributed by atoms with van der Waals surface area (Å²) >= 11 is 5.91. The van der Waals surface area contributed by atoms with Crippen LogP contribution in [0.5, 0.6) is 0 Å². The number of halogens is 1. The van der Waals surface area contributed by atoms with Gasteiger partial charge in [-0.05, 0) is 24.6 Å². The highest BCUT2D eigenvalue weighted by Gasteiger charge is 2.04. The van der Waals surface area contributed by atoms with Gasteiger partial charge in [-0.25, -0.2) is 4.79 Å². The van der Waals surface area contributed by atoms with Gasteiger partial charge in [-0.15, -0.1) is 0 Å². The number of rotatable bonds is 4. The molecule has 1 aromatic carbocycles. The minimum Gasteiger partial charge on any atom is -0.399 e. The highest BCUT2D eigenvalue weighted by molar-refractivity contribution is 6.34. The van der Waals surface area contributed by atoms with Crippen LogP contribution in [0.4, 0.5) is 16.2 Å². The normalized spacial score (nSPS) is 9.88. The minimum absolute atomic E-state index is 0.250. The van der Waals surface area contributed by atoms with E-state index in [1.807, 2.05) is 0 Å². The van der Waals surface area contributed by atoms with E-state index in [9.17, 15) is 4.79 Å². The Morgan fingerprint density at radius 2 is 2.25 bits per heavy atom. The lowest BCUT2D eigenvalue weighted by Crippen LogP contribution is -2.29. The molecule has 0 spiro atoms. The van der Waals surface area contributed by atoms with Crippen molar-refractivity contribution in [3.05, 3.63) is 23.2 Å². The van der Waals surface area contributed by atoms with E-state index < -0.39 is 0 Å². The van der Waals surface area contributed by atoms with Gasteiger partial charge in [0.05, 0.1) is 10.7 Å². The van der Waals surface area contributed by atoms with Gasteiger partial charge in [0.15, 0.2) is 0 Å². The maximum Gasteiger partial charge on any atom is 0.319 e. The second-order valence-corrected chi connectivity index (χ2v) is 3.88. The molecule has 0 radical (unpaired) electrons. The first-order valence-electron chi connectivity index (χ1n) is 5.23. The van der Waals surface area contributed by atoms with Crippen LogP contribution in [0.2, 0.25) is 5.02 Å². The van der Waals surface area contributed by atoms with E-state index in [4.69, 9.17) is 17.3 Å². The number of urea groups is 1. The van der Waals surface area contributed by atoms with Crippen molar-refractivity contribution in [2.75, 3.05) is 17.6 Å². The SMILES string of the molecule is CCCCNC(=O)Nc1ccc(N)cc1Cl. The molecule has 0 fully saturated rings. The van der Waals surface area contributed by atoms with Gasteiger partial charge in [-0.2, -0.15) is 0 Å². The van der Waals surface area contributed by atoms with Crippen LogP contribution < -0.4 is 16.4 Å². The fraction of sp³-hybridized carbons (Fsp3) is 0.364. The summed E-state index contributed by atoms with van der Waals surface area (Å²) in [5.41, 5.74) is 6.68. The van der Waals surface area contributed by atoms with Crippen LogP contribution in [0.15, 0.2) is 18.2 Å². The average molecular weight is 242 g/mol. The Balaban J connectivity index is 2.49. The molecule has 0 bridgehead atoms. The van der Waals surface area contributed by atoms with Crippen LogP contribution in [0.3, 0.4) is 0 Å². The molecule has 16 heavy (non-hydrogen) atoms. The molecular formula is C11H16ClN3O. The number of amides is 2. The molecule has 0 heterocycles. The van der Waals surface area contributed by atoms with E-state index >= 15 is 0 Å². The van der Waals surface area contributed by atoms with Gasteiger partial charge in [-0.1, -0.05) is 24.9 Å².